The van der Waals surface area contributed by atoms with E-state index in [4.69, 9.17) is 11.6 Å². The number of carbonyl (C=O) groups excluding carboxylic acids is 1. The van der Waals surface area contributed by atoms with E-state index in [0.29, 0.717) is 16.1 Å². The third-order valence-electron chi connectivity index (χ3n) is 3.18. The smallest absolute Gasteiger partial charge is 0.268 e. The molecule has 2 aromatic heterocycles. The Kier molecular flexibility index (Phi) is 3.96. The molecule has 8 heteroatoms. The maximum Gasteiger partial charge on any atom is 0.268 e. The average molecular weight is 340 g/mol. The zero-order chi connectivity index (χ0) is 16.6. The number of nitrogens with zero attached hydrogens (tertiary/aromatic N) is 1. The maximum absolute atomic E-state index is 13.1. The van der Waals surface area contributed by atoms with E-state index in [-0.39, 0.29) is 17.8 Å². The number of aromatic amines is 1. The van der Waals surface area contributed by atoms with Crippen molar-refractivity contribution < 1.29 is 18.0 Å². The number of carbonyl (C=O) groups is 1. The van der Waals surface area contributed by atoms with Crippen LogP contribution in [0.2, 0.25) is 5.02 Å². The Labute approximate surface area is 133 Å². The van der Waals surface area contributed by atoms with E-state index in [9.17, 15) is 18.0 Å². The van der Waals surface area contributed by atoms with Crippen molar-refractivity contribution in [1.82, 2.24) is 15.3 Å². The number of benzene rings is 1. The summed E-state index contributed by atoms with van der Waals surface area (Å²) in [7, 11) is 0. The molecule has 0 aliphatic carbocycles. The first kappa shape index (κ1) is 15.4. The van der Waals surface area contributed by atoms with Crippen LogP contribution >= 0.6 is 11.6 Å². The Hall–Kier alpha value is -2.54. The summed E-state index contributed by atoms with van der Waals surface area (Å²) in [5, 5.41) is 2.90. The van der Waals surface area contributed by atoms with Crippen LogP contribution in [-0.4, -0.2) is 15.9 Å². The van der Waals surface area contributed by atoms with Crippen LogP contribution in [0.15, 0.2) is 30.5 Å². The van der Waals surface area contributed by atoms with Crippen LogP contribution in [0.5, 0.6) is 0 Å². The molecule has 0 aliphatic rings. The van der Waals surface area contributed by atoms with Crippen molar-refractivity contribution in [2.24, 2.45) is 0 Å². The van der Waals surface area contributed by atoms with Crippen LogP contribution in [0.25, 0.3) is 11.0 Å². The van der Waals surface area contributed by atoms with E-state index in [0.717, 1.165) is 12.1 Å². The summed E-state index contributed by atoms with van der Waals surface area (Å²) in [5.41, 5.74) is 1.46. The number of pyridine rings is 1. The summed E-state index contributed by atoms with van der Waals surface area (Å²) in [5.74, 6) is -4.65. The molecule has 2 N–H and O–H groups in total. The van der Waals surface area contributed by atoms with Crippen LogP contribution in [0.4, 0.5) is 13.2 Å². The number of rotatable bonds is 3. The molecule has 3 rings (SSSR count). The number of aromatic nitrogens is 2. The monoisotopic (exact) mass is 339 g/mol. The van der Waals surface area contributed by atoms with E-state index >= 15 is 0 Å². The van der Waals surface area contributed by atoms with Gasteiger partial charge in [-0.25, -0.2) is 13.2 Å². The Balaban J connectivity index is 1.76. The molecule has 23 heavy (non-hydrogen) atoms. The topological polar surface area (TPSA) is 57.8 Å². The van der Waals surface area contributed by atoms with E-state index < -0.39 is 23.4 Å². The van der Waals surface area contributed by atoms with Gasteiger partial charge < -0.3 is 10.3 Å². The fourth-order valence-electron chi connectivity index (χ4n) is 2.09. The second kappa shape index (κ2) is 5.92. The molecule has 0 radical (unpaired) electrons. The molecule has 2 heterocycles. The molecule has 3 aromatic rings. The standard InChI is InChI=1S/C15H9ClF3N3O/c16-8-3-12-11(20-6-8)4-13(22-12)15(23)21-5-7-1-9(17)14(19)10(18)2-7/h1-4,6,22H,5H2,(H,21,23). The fourth-order valence-corrected chi connectivity index (χ4v) is 2.25. The number of hydrogen-bond acceptors (Lipinski definition) is 2. The number of H-pyrrole nitrogens is 1. The van der Waals surface area contributed by atoms with Crippen molar-refractivity contribution in [2.45, 2.75) is 6.54 Å². The maximum atomic E-state index is 13.1. The summed E-state index contributed by atoms with van der Waals surface area (Å²) in [6.45, 7) is -0.156. The molecule has 0 spiro atoms. The summed E-state index contributed by atoms with van der Waals surface area (Å²) < 4.78 is 39.1. The molecule has 1 aromatic carbocycles. The first-order valence-electron chi connectivity index (χ1n) is 6.50. The largest absolute Gasteiger partial charge is 0.349 e. The second-order valence-electron chi connectivity index (χ2n) is 4.83. The Morgan fingerprint density at radius 1 is 1.17 bits per heavy atom. The molecule has 0 saturated heterocycles. The fraction of sp³-hybridized carbons (Fsp3) is 0.0667. The molecule has 0 atom stereocenters. The number of amides is 1. The SMILES string of the molecule is O=C(NCc1cc(F)c(F)c(F)c1)c1cc2ncc(Cl)cc2[nH]1. The number of nitrogens with one attached hydrogen (secondary N) is 2. The lowest BCUT2D eigenvalue weighted by atomic mass is 10.2. The predicted octanol–water partition coefficient (Wildman–Crippen LogP) is 3.56. The number of fused-ring (bicyclic) bond motifs is 1. The van der Waals surface area contributed by atoms with E-state index in [1.165, 1.54) is 12.3 Å². The molecule has 0 saturated carbocycles. The molecular weight excluding hydrogens is 331 g/mol. The van der Waals surface area contributed by atoms with Crippen molar-refractivity contribution >= 4 is 28.5 Å². The summed E-state index contributed by atoms with van der Waals surface area (Å²) in [4.78, 5) is 18.9. The minimum atomic E-state index is -1.54. The highest BCUT2D eigenvalue weighted by Crippen LogP contribution is 2.17. The highest BCUT2D eigenvalue weighted by atomic mass is 35.5. The van der Waals surface area contributed by atoms with Crippen LogP contribution in [0, 0.1) is 17.5 Å². The van der Waals surface area contributed by atoms with Gasteiger partial charge in [-0.2, -0.15) is 0 Å². The normalized spacial score (nSPS) is 11.0. The van der Waals surface area contributed by atoms with Crippen molar-refractivity contribution in [2.75, 3.05) is 0 Å². The highest BCUT2D eigenvalue weighted by Gasteiger charge is 2.13. The van der Waals surface area contributed by atoms with Gasteiger partial charge in [-0.15, -0.1) is 0 Å². The van der Waals surface area contributed by atoms with E-state index in [1.807, 2.05) is 0 Å². The zero-order valence-corrected chi connectivity index (χ0v) is 12.2. The van der Waals surface area contributed by atoms with Gasteiger partial charge in [0.15, 0.2) is 17.5 Å². The van der Waals surface area contributed by atoms with Gasteiger partial charge in [0, 0.05) is 12.7 Å². The third-order valence-corrected chi connectivity index (χ3v) is 3.38. The lowest BCUT2D eigenvalue weighted by Gasteiger charge is -2.05. The van der Waals surface area contributed by atoms with E-state index in [1.54, 1.807) is 6.07 Å². The van der Waals surface area contributed by atoms with E-state index in [2.05, 4.69) is 15.3 Å². The van der Waals surface area contributed by atoms with Crippen LogP contribution in [-0.2, 0) is 6.54 Å². The minimum Gasteiger partial charge on any atom is -0.349 e. The molecule has 1 amide bonds. The first-order valence-corrected chi connectivity index (χ1v) is 6.88. The molecule has 0 fully saturated rings. The average Bonchev–Trinajstić information content (AvgIpc) is 2.93. The molecular formula is C15H9ClF3N3O. The van der Waals surface area contributed by atoms with Gasteiger partial charge in [0.05, 0.1) is 16.1 Å². The van der Waals surface area contributed by atoms with Crippen molar-refractivity contribution in [3.05, 3.63) is 64.2 Å². The van der Waals surface area contributed by atoms with Crippen molar-refractivity contribution in [3.63, 3.8) is 0 Å². The van der Waals surface area contributed by atoms with Gasteiger partial charge in [0.2, 0.25) is 0 Å². The van der Waals surface area contributed by atoms with Gasteiger partial charge in [0.1, 0.15) is 5.69 Å². The number of halogens is 4. The summed E-state index contributed by atoms with van der Waals surface area (Å²) in [6.07, 6.45) is 1.45. The quantitative estimate of drug-likeness (QED) is 0.717. The third kappa shape index (κ3) is 3.14. The molecule has 0 unspecified atom stereocenters. The Morgan fingerprint density at radius 2 is 1.87 bits per heavy atom. The molecule has 0 bridgehead atoms. The van der Waals surface area contributed by atoms with Gasteiger partial charge in [-0.05, 0) is 29.8 Å². The Morgan fingerprint density at radius 3 is 2.57 bits per heavy atom. The first-order chi connectivity index (χ1) is 10.9. The highest BCUT2D eigenvalue weighted by molar-refractivity contribution is 6.31. The molecule has 118 valence electrons. The van der Waals surface area contributed by atoms with Gasteiger partial charge in [-0.3, -0.25) is 9.78 Å². The Bertz CT molecular complexity index is 887. The van der Waals surface area contributed by atoms with Crippen molar-refractivity contribution in [3.8, 4) is 0 Å². The second-order valence-corrected chi connectivity index (χ2v) is 5.26. The van der Waals surface area contributed by atoms with Crippen LogP contribution in [0.3, 0.4) is 0 Å². The van der Waals surface area contributed by atoms with Gasteiger partial charge in [0.25, 0.3) is 5.91 Å². The summed E-state index contributed by atoms with van der Waals surface area (Å²) >= 11 is 5.81. The lowest BCUT2D eigenvalue weighted by Crippen LogP contribution is -2.23. The molecule has 0 aliphatic heterocycles. The summed E-state index contributed by atoms with van der Waals surface area (Å²) in [6, 6.07) is 4.79. The molecule has 4 nitrogen and oxygen atoms in total. The predicted molar refractivity (Wildman–Crippen MR) is 78.6 cm³/mol. The number of hydrogen-bond donors (Lipinski definition) is 2. The lowest BCUT2D eigenvalue weighted by molar-refractivity contribution is 0.0946. The minimum absolute atomic E-state index is 0.104. The zero-order valence-electron chi connectivity index (χ0n) is 11.5. The van der Waals surface area contributed by atoms with Crippen molar-refractivity contribution in [1.29, 1.82) is 0 Å². The van der Waals surface area contributed by atoms with Gasteiger partial charge in [-0.1, -0.05) is 11.6 Å². The van der Waals surface area contributed by atoms with Crippen LogP contribution in [0.1, 0.15) is 16.1 Å². The van der Waals surface area contributed by atoms with Crippen LogP contribution < -0.4 is 5.32 Å². The van der Waals surface area contributed by atoms with Gasteiger partial charge >= 0.3 is 0 Å².